The molecule has 0 aliphatic carbocycles. The number of hydrogen-bond acceptors (Lipinski definition) is 3. The Morgan fingerprint density at radius 3 is 2.12 bits per heavy atom. The number of anilines is 1. The molecule has 1 rings (SSSR count). The van der Waals surface area contributed by atoms with Crippen LogP contribution in [0.4, 0.5) is 5.69 Å². The van der Waals surface area contributed by atoms with E-state index in [1.165, 1.54) is 11.3 Å². The van der Waals surface area contributed by atoms with Gasteiger partial charge in [0.1, 0.15) is 0 Å². The molecule has 0 aliphatic rings. The maximum atomic E-state index is 5.84. The summed E-state index contributed by atoms with van der Waals surface area (Å²) in [5, 5.41) is 0. The van der Waals surface area contributed by atoms with E-state index in [0.29, 0.717) is 6.54 Å². The van der Waals surface area contributed by atoms with Crippen LogP contribution in [0.25, 0.3) is 0 Å². The van der Waals surface area contributed by atoms with Gasteiger partial charge in [0, 0.05) is 31.9 Å². The van der Waals surface area contributed by atoms with Crippen molar-refractivity contribution < 1.29 is 0 Å². The molecule has 3 nitrogen and oxygen atoms in total. The molecule has 0 spiro atoms. The minimum atomic E-state index is 0.0299. The van der Waals surface area contributed by atoms with E-state index < -0.39 is 0 Å². The summed E-state index contributed by atoms with van der Waals surface area (Å²) < 4.78 is 0. The van der Waals surface area contributed by atoms with E-state index in [-0.39, 0.29) is 11.5 Å². The van der Waals surface area contributed by atoms with E-state index in [1.807, 2.05) is 7.05 Å². The molecule has 1 aromatic rings. The van der Waals surface area contributed by atoms with Crippen LogP contribution in [0.3, 0.4) is 0 Å². The lowest BCUT2D eigenvalue weighted by molar-refractivity contribution is 0.590. The smallest absolute Gasteiger partial charge is 0.0364 e. The summed E-state index contributed by atoms with van der Waals surface area (Å²) in [4.78, 5) is 2.14. The molecule has 4 N–H and O–H groups in total. The van der Waals surface area contributed by atoms with Crippen LogP contribution in [0, 0.1) is 0 Å². The Balaban J connectivity index is 2.74. The highest BCUT2D eigenvalue weighted by Crippen LogP contribution is 2.24. The van der Waals surface area contributed by atoms with E-state index in [4.69, 9.17) is 11.5 Å². The van der Waals surface area contributed by atoms with Crippen molar-refractivity contribution in [3.05, 3.63) is 29.8 Å². The van der Waals surface area contributed by atoms with Crippen LogP contribution in [-0.2, 0) is 5.41 Å². The first-order chi connectivity index (χ1) is 7.84. The molecular weight excluding hydrogens is 210 g/mol. The summed E-state index contributed by atoms with van der Waals surface area (Å²) in [6.07, 6.45) is 0. The minimum absolute atomic E-state index is 0.0299. The Hall–Kier alpha value is -1.06. The number of benzene rings is 1. The van der Waals surface area contributed by atoms with Gasteiger partial charge in [-0.1, -0.05) is 32.9 Å². The molecule has 17 heavy (non-hydrogen) atoms. The van der Waals surface area contributed by atoms with Crippen molar-refractivity contribution in [3.63, 3.8) is 0 Å². The molecule has 1 atom stereocenters. The summed E-state index contributed by atoms with van der Waals surface area (Å²) in [5.74, 6) is 0. The van der Waals surface area contributed by atoms with Gasteiger partial charge in [-0.3, -0.25) is 0 Å². The monoisotopic (exact) mass is 235 g/mol. The molecule has 3 heteroatoms. The fourth-order valence-corrected chi connectivity index (χ4v) is 1.75. The van der Waals surface area contributed by atoms with Crippen LogP contribution in [0.2, 0.25) is 0 Å². The molecule has 0 aromatic heterocycles. The molecule has 1 aromatic carbocycles. The van der Waals surface area contributed by atoms with Crippen molar-refractivity contribution in [1.82, 2.24) is 0 Å². The highest BCUT2D eigenvalue weighted by Gasteiger charge is 2.13. The molecule has 1 unspecified atom stereocenters. The molecule has 0 bridgehead atoms. The first-order valence-electron chi connectivity index (χ1n) is 6.12. The van der Waals surface area contributed by atoms with Crippen LogP contribution in [-0.4, -0.2) is 26.2 Å². The van der Waals surface area contributed by atoms with Crippen molar-refractivity contribution in [1.29, 1.82) is 0 Å². The van der Waals surface area contributed by atoms with Crippen LogP contribution in [0.1, 0.15) is 26.3 Å². The Bertz CT molecular complexity index is 337. The van der Waals surface area contributed by atoms with Gasteiger partial charge < -0.3 is 16.4 Å². The SMILES string of the molecule is CN(CC(N)CN)c1ccc(C(C)(C)C)cc1. The predicted octanol–water partition coefficient (Wildman–Crippen LogP) is 1.71. The normalized spacial score (nSPS) is 13.5. The van der Waals surface area contributed by atoms with Crippen molar-refractivity contribution >= 4 is 5.69 Å². The summed E-state index contributed by atoms with van der Waals surface area (Å²) in [6.45, 7) is 7.96. The maximum absolute atomic E-state index is 5.84. The summed E-state index contributed by atoms with van der Waals surface area (Å²) >= 11 is 0. The quantitative estimate of drug-likeness (QED) is 0.835. The highest BCUT2D eigenvalue weighted by molar-refractivity contribution is 5.48. The number of likely N-dealkylation sites (N-methyl/N-ethyl adjacent to an activating group) is 1. The van der Waals surface area contributed by atoms with Crippen molar-refractivity contribution in [2.24, 2.45) is 11.5 Å². The molecular formula is C14H25N3. The molecule has 0 saturated carbocycles. The number of nitrogens with zero attached hydrogens (tertiary/aromatic N) is 1. The lowest BCUT2D eigenvalue weighted by atomic mass is 9.87. The largest absolute Gasteiger partial charge is 0.373 e. The zero-order valence-corrected chi connectivity index (χ0v) is 11.4. The number of nitrogens with two attached hydrogens (primary N) is 2. The fraction of sp³-hybridized carbons (Fsp3) is 0.571. The Morgan fingerprint density at radius 1 is 1.18 bits per heavy atom. The maximum Gasteiger partial charge on any atom is 0.0364 e. The van der Waals surface area contributed by atoms with E-state index in [1.54, 1.807) is 0 Å². The first-order valence-corrected chi connectivity index (χ1v) is 6.12. The minimum Gasteiger partial charge on any atom is -0.373 e. The standard InChI is InChI=1S/C14H25N3/c1-14(2,3)11-5-7-13(8-6-11)17(4)10-12(16)9-15/h5-8,12H,9-10,15-16H2,1-4H3. The molecule has 0 fully saturated rings. The van der Waals surface area contributed by atoms with Gasteiger partial charge in [0.15, 0.2) is 0 Å². The van der Waals surface area contributed by atoms with E-state index >= 15 is 0 Å². The lowest BCUT2D eigenvalue weighted by Crippen LogP contribution is -2.40. The Morgan fingerprint density at radius 2 is 1.71 bits per heavy atom. The van der Waals surface area contributed by atoms with E-state index in [9.17, 15) is 0 Å². The van der Waals surface area contributed by atoms with E-state index in [2.05, 4.69) is 49.9 Å². The van der Waals surface area contributed by atoms with Gasteiger partial charge in [-0.05, 0) is 23.1 Å². The summed E-state index contributed by atoms with van der Waals surface area (Å²) in [6, 6.07) is 8.68. The van der Waals surface area contributed by atoms with Crippen LogP contribution in [0.15, 0.2) is 24.3 Å². The average Bonchev–Trinajstić information content (AvgIpc) is 2.27. The predicted molar refractivity (Wildman–Crippen MR) is 75.4 cm³/mol. The first kappa shape index (κ1) is 14.0. The molecule has 0 radical (unpaired) electrons. The van der Waals surface area contributed by atoms with Gasteiger partial charge in [-0.2, -0.15) is 0 Å². The molecule has 0 aliphatic heterocycles. The zero-order valence-electron chi connectivity index (χ0n) is 11.4. The Kier molecular flexibility index (Phi) is 4.54. The van der Waals surface area contributed by atoms with Gasteiger partial charge in [0.2, 0.25) is 0 Å². The van der Waals surface area contributed by atoms with Crippen LogP contribution in [0.5, 0.6) is 0 Å². The number of rotatable bonds is 4. The van der Waals surface area contributed by atoms with Crippen molar-refractivity contribution in [3.8, 4) is 0 Å². The third-order valence-electron chi connectivity index (χ3n) is 2.99. The molecule has 96 valence electrons. The van der Waals surface area contributed by atoms with Gasteiger partial charge >= 0.3 is 0 Å². The topological polar surface area (TPSA) is 55.3 Å². The van der Waals surface area contributed by atoms with E-state index in [0.717, 1.165) is 6.54 Å². The van der Waals surface area contributed by atoms with Crippen LogP contribution < -0.4 is 16.4 Å². The second-order valence-corrected chi connectivity index (χ2v) is 5.67. The molecule has 0 saturated heterocycles. The second kappa shape index (κ2) is 5.52. The van der Waals surface area contributed by atoms with Crippen LogP contribution >= 0.6 is 0 Å². The van der Waals surface area contributed by atoms with Crippen molar-refractivity contribution in [2.45, 2.75) is 32.2 Å². The van der Waals surface area contributed by atoms with Gasteiger partial charge in [-0.25, -0.2) is 0 Å². The number of hydrogen-bond donors (Lipinski definition) is 2. The second-order valence-electron chi connectivity index (χ2n) is 5.67. The fourth-order valence-electron chi connectivity index (χ4n) is 1.75. The molecule has 0 amide bonds. The van der Waals surface area contributed by atoms with Gasteiger partial charge in [0.25, 0.3) is 0 Å². The van der Waals surface area contributed by atoms with Gasteiger partial charge in [-0.15, -0.1) is 0 Å². The molecule has 0 heterocycles. The van der Waals surface area contributed by atoms with Crippen molar-refractivity contribution in [2.75, 3.05) is 25.0 Å². The average molecular weight is 235 g/mol. The zero-order chi connectivity index (χ0) is 13.1. The highest BCUT2D eigenvalue weighted by atomic mass is 15.1. The third kappa shape index (κ3) is 4.02. The summed E-state index contributed by atoms with van der Waals surface area (Å²) in [7, 11) is 2.04. The summed E-state index contributed by atoms with van der Waals surface area (Å²) in [5.41, 5.74) is 14.1. The van der Waals surface area contributed by atoms with Gasteiger partial charge in [0.05, 0.1) is 0 Å². The Labute approximate surface area is 105 Å². The lowest BCUT2D eigenvalue weighted by Gasteiger charge is -2.24. The third-order valence-corrected chi connectivity index (χ3v) is 2.99.